The van der Waals surface area contributed by atoms with Crippen LogP contribution in [0, 0.1) is 0 Å². The first kappa shape index (κ1) is 52.3. The van der Waals surface area contributed by atoms with E-state index in [1.54, 1.807) is 0 Å². The summed E-state index contributed by atoms with van der Waals surface area (Å²) >= 11 is 0. The van der Waals surface area contributed by atoms with Gasteiger partial charge in [-0.05, 0) is 12.8 Å². The molecule has 0 rings (SSSR count). The van der Waals surface area contributed by atoms with Crippen LogP contribution in [0.4, 0.5) is 0 Å². The Hall–Kier alpha value is -0.830. The first-order chi connectivity index (χ1) is 25.2. The van der Waals surface area contributed by atoms with E-state index in [9.17, 15) is 4.79 Å². The molecule has 0 fully saturated rings. The van der Waals surface area contributed by atoms with Crippen molar-refractivity contribution in [2.24, 2.45) is 0 Å². The highest BCUT2D eigenvalue weighted by Crippen LogP contribution is 2.16. The first-order valence-corrected chi connectivity index (χ1v) is 23.5. The van der Waals surface area contributed by atoms with Crippen LogP contribution in [0.25, 0.3) is 0 Å². The summed E-state index contributed by atoms with van der Waals surface area (Å²) in [5.74, 6) is -0.394. The summed E-state index contributed by atoms with van der Waals surface area (Å²) < 4.78 is 10.1. The average Bonchev–Trinajstić information content (AvgIpc) is 3.15. The van der Waals surface area contributed by atoms with Crippen molar-refractivity contribution in [2.45, 2.75) is 271 Å². The lowest BCUT2D eigenvalue weighted by molar-refractivity contribution is -0.134. The van der Waals surface area contributed by atoms with E-state index in [0.717, 1.165) is 19.3 Å². The van der Waals surface area contributed by atoms with Gasteiger partial charge in [-0.1, -0.05) is 264 Å². The van der Waals surface area contributed by atoms with E-state index in [-0.39, 0.29) is 0 Å². The standard InChI is InChI=1S/C44H90O.C4H6O2/c1-3-5-7-9-11-13-15-17-19-21-23-25-27-29-31-33-35-37-39-41-43-45-44-42-40-38-36-34-32-30-28-26-24-22-20-18-16-14-12-10-8-6-4-2;1-3-4(5)6-2/h3-44H2,1-2H3;3H,1H2,2H3. The molecule has 0 saturated carbocycles. The largest absolute Gasteiger partial charge is 0.466 e. The number of hydrogen-bond donors (Lipinski definition) is 0. The number of hydrogen-bond acceptors (Lipinski definition) is 3. The van der Waals surface area contributed by atoms with Gasteiger partial charge in [-0.25, -0.2) is 4.79 Å². The Morgan fingerprint density at radius 1 is 0.353 bits per heavy atom. The fraction of sp³-hybridized carbons (Fsp3) is 0.938. The molecule has 0 spiro atoms. The van der Waals surface area contributed by atoms with Crippen molar-refractivity contribution in [3.63, 3.8) is 0 Å². The molecule has 0 aliphatic carbocycles. The molecule has 0 aliphatic rings. The zero-order valence-corrected chi connectivity index (χ0v) is 35.7. The van der Waals surface area contributed by atoms with Gasteiger partial charge in [0.25, 0.3) is 0 Å². The summed E-state index contributed by atoms with van der Waals surface area (Å²) in [5, 5.41) is 0. The Morgan fingerprint density at radius 3 is 0.667 bits per heavy atom. The maximum absolute atomic E-state index is 9.84. The monoisotopic (exact) mass is 721 g/mol. The second kappa shape index (κ2) is 51.3. The third kappa shape index (κ3) is 53.6. The fourth-order valence-electron chi connectivity index (χ4n) is 7.10. The van der Waals surface area contributed by atoms with Gasteiger partial charge >= 0.3 is 5.97 Å². The van der Waals surface area contributed by atoms with Crippen molar-refractivity contribution in [2.75, 3.05) is 20.3 Å². The van der Waals surface area contributed by atoms with Crippen molar-refractivity contribution >= 4 is 5.97 Å². The summed E-state index contributed by atoms with van der Waals surface area (Å²) in [5.41, 5.74) is 0. The molecule has 306 valence electrons. The number of esters is 1. The Balaban J connectivity index is 0. The Kier molecular flexibility index (Phi) is 52.6. The molecule has 0 unspecified atom stereocenters. The van der Waals surface area contributed by atoms with Crippen LogP contribution in [0.5, 0.6) is 0 Å². The Bertz CT molecular complexity index is 576. The highest BCUT2D eigenvalue weighted by molar-refractivity contribution is 5.80. The van der Waals surface area contributed by atoms with Gasteiger partial charge in [0.2, 0.25) is 0 Å². The fourth-order valence-corrected chi connectivity index (χ4v) is 7.10. The van der Waals surface area contributed by atoms with Crippen molar-refractivity contribution in [3.05, 3.63) is 12.7 Å². The zero-order chi connectivity index (χ0) is 37.4. The number of rotatable bonds is 43. The first-order valence-electron chi connectivity index (χ1n) is 23.5. The van der Waals surface area contributed by atoms with Gasteiger partial charge in [0.1, 0.15) is 0 Å². The molecule has 0 radical (unpaired) electrons. The third-order valence-corrected chi connectivity index (χ3v) is 10.7. The number of ether oxygens (including phenoxy) is 2. The summed E-state index contributed by atoms with van der Waals surface area (Å²) in [7, 11) is 1.31. The molecule has 0 saturated heterocycles. The Labute approximate surface area is 323 Å². The molecule has 0 heterocycles. The molecule has 0 aromatic carbocycles. The van der Waals surface area contributed by atoms with Crippen LogP contribution in [-0.2, 0) is 14.3 Å². The van der Waals surface area contributed by atoms with Crippen LogP contribution in [-0.4, -0.2) is 26.3 Å². The van der Waals surface area contributed by atoms with E-state index in [1.807, 2.05) is 0 Å². The van der Waals surface area contributed by atoms with Crippen LogP contribution >= 0.6 is 0 Å². The maximum Gasteiger partial charge on any atom is 0.329 e. The SMILES string of the molecule is C=CC(=O)OC.CCCCCCCCCCCCCCCCCCCCCCOCCCCCCCCCCCCCCCCCCCCCC. The zero-order valence-electron chi connectivity index (χ0n) is 35.7. The van der Waals surface area contributed by atoms with Gasteiger partial charge in [0.05, 0.1) is 7.11 Å². The molecule has 0 aromatic rings. The van der Waals surface area contributed by atoms with Gasteiger partial charge < -0.3 is 9.47 Å². The normalized spacial score (nSPS) is 11.0. The lowest BCUT2D eigenvalue weighted by atomic mass is 10.0. The number of carbonyl (C=O) groups is 1. The molecule has 3 heteroatoms. The predicted molar refractivity (Wildman–Crippen MR) is 229 cm³/mol. The van der Waals surface area contributed by atoms with E-state index >= 15 is 0 Å². The van der Waals surface area contributed by atoms with Gasteiger partial charge in [-0.2, -0.15) is 0 Å². The van der Waals surface area contributed by atoms with E-state index in [2.05, 4.69) is 25.2 Å². The van der Waals surface area contributed by atoms with Crippen LogP contribution in [0.2, 0.25) is 0 Å². The quantitative estimate of drug-likeness (QED) is 0.0357. The minimum Gasteiger partial charge on any atom is -0.466 e. The van der Waals surface area contributed by atoms with E-state index in [1.165, 1.54) is 264 Å². The summed E-state index contributed by atoms with van der Waals surface area (Å²) in [6.07, 6.45) is 59.1. The minimum atomic E-state index is -0.394. The summed E-state index contributed by atoms with van der Waals surface area (Å²) in [6.45, 7) is 9.77. The minimum absolute atomic E-state index is 0.394. The van der Waals surface area contributed by atoms with E-state index in [0.29, 0.717) is 0 Å². The van der Waals surface area contributed by atoms with Crippen LogP contribution < -0.4 is 0 Å². The molecule has 51 heavy (non-hydrogen) atoms. The smallest absolute Gasteiger partial charge is 0.329 e. The highest BCUT2D eigenvalue weighted by Gasteiger charge is 1.98. The van der Waals surface area contributed by atoms with Gasteiger partial charge in [0.15, 0.2) is 0 Å². The molecular weight excluding hydrogens is 625 g/mol. The molecule has 0 amide bonds. The molecule has 0 aliphatic heterocycles. The summed E-state index contributed by atoms with van der Waals surface area (Å²) in [6, 6.07) is 0. The van der Waals surface area contributed by atoms with Crippen LogP contribution in [0.15, 0.2) is 12.7 Å². The van der Waals surface area contributed by atoms with E-state index < -0.39 is 5.97 Å². The second-order valence-corrected chi connectivity index (χ2v) is 15.8. The van der Waals surface area contributed by atoms with Crippen molar-refractivity contribution in [3.8, 4) is 0 Å². The van der Waals surface area contributed by atoms with Crippen molar-refractivity contribution in [1.82, 2.24) is 0 Å². The Morgan fingerprint density at radius 2 is 0.529 bits per heavy atom. The average molecular weight is 721 g/mol. The van der Waals surface area contributed by atoms with Crippen molar-refractivity contribution < 1.29 is 14.3 Å². The molecule has 0 atom stereocenters. The lowest BCUT2D eigenvalue weighted by Gasteiger charge is -2.06. The second-order valence-electron chi connectivity index (χ2n) is 15.8. The van der Waals surface area contributed by atoms with Crippen LogP contribution in [0.1, 0.15) is 271 Å². The van der Waals surface area contributed by atoms with Gasteiger partial charge in [0, 0.05) is 19.3 Å². The highest BCUT2D eigenvalue weighted by atomic mass is 16.5. The maximum atomic E-state index is 9.84. The van der Waals surface area contributed by atoms with Crippen LogP contribution in [0.3, 0.4) is 0 Å². The van der Waals surface area contributed by atoms with Gasteiger partial charge in [-0.3, -0.25) is 0 Å². The lowest BCUT2D eigenvalue weighted by Crippen LogP contribution is -1.97. The molecule has 0 aromatic heterocycles. The molecule has 0 bridgehead atoms. The predicted octanol–water partition coefficient (Wildman–Crippen LogP) is 17.0. The topological polar surface area (TPSA) is 35.5 Å². The molecule has 0 N–H and O–H groups in total. The summed E-state index contributed by atoms with van der Waals surface area (Å²) in [4.78, 5) is 9.84. The number of carbonyl (C=O) groups excluding carboxylic acids is 1. The van der Waals surface area contributed by atoms with Crippen molar-refractivity contribution in [1.29, 1.82) is 0 Å². The molecule has 3 nitrogen and oxygen atoms in total. The third-order valence-electron chi connectivity index (χ3n) is 10.7. The van der Waals surface area contributed by atoms with Gasteiger partial charge in [-0.15, -0.1) is 0 Å². The number of methoxy groups -OCH3 is 1. The molecular formula is C48H96O3. The van der Waals surface area contributed by atoms with E-state index in [4.69, 9.17) is 4.74 Å². The number of unbranched alkanes of at least 4 members (excludes halogenated alkanes) is 38.